The summed E-state index contributed by atoms with van der Waals surface area (Å²) < 4.78 is 0. The molecular formula is C16H14N2O2. The first-order chi connectivity index (χ1) is 9.61. The van der Waals surface area contributed by atoms with Crippen molar-refractivity contribution in [3.05, 3.63) is 64.7 Å². The third-order valence-electron chi connectivity index (χ3n) is 3.09. The molecule has 20 heavy (non-hydrogen) atoms. The molecule has 1 amide bonds. The Morgan fingerprint density at radius 1 is 1.25 bits per heavy atom. The van der Waals surface area contributed by atoms with Crippen LogP contribution in [0.25, 0.3) is 0 Å². The van der Waals surface area contributed by atoms with E-state index >= 15 is 0 Å². The summed E-state index contributed by atoms with van der Waals surface area (Å²) in [6.45, 7) is 2.07. The molecule has 2 N–H and O–H groups in total. The largest absolute Gasteiger partial charge is 0.508 e. The quantitative estimate of drug-likeness (QED) is 0.896. The Kier molecular flexibility index (Phi) is 4.02. The van der Waals surface area contributed by atoms with Gasteiger partial charge in [0.2, 0.25) is 0 Å². The molecule has 0 fully saturated rings. The summed E-state index contributed by atoms with van der Waals surface area (Å²) in [6, 6.07) is 13.9. The van der Waals surface area contributed by atoms with E-state index in [0.717, 1.165) is 5.56 Å². The van der Waals surface area contributed by atoms with Gasteiger partial charge < -0.3 is 10.4 Å². The fourth-order valence-electron chi connectivity index (χ4n) is 1.84. The fourth-order valence-corrected chi connectivity index (χ4v) is 1.84. The Hall–Kier alpha value is -2.80. The van der Waals surface area contributed by atoms with Crippen LogP contribution >= 0.6 is 0 Å². The second-order valence-corrected chi connectivity index (χ2v) is 4.44. The Morgan fingerprint density at radius 2 is 1.95 bits per heavy atom. The maximum atomic E-state index is 12.0. The number of hydrogen-bond donors (Lipinski definition) is 2. The number of nitriles is 1. The average Bonchev–Trinajstić information content (AvgIpc) is 2.48. The van der Waals surface area contributed by atoms with Gasteiger partial charge in [-0.15, -0.1) is 0 Å². The summed E-state index contributed by atoms with van der Waals surface area (Å²) in [7, 11) is 0. The van der Waals surface area contributed by atoms with Crippen molar-refractivity contribution < 1.29 is 9.90 Å². The highest BCUT2D eigenvalue weighted by Gasteiger charge is 2.10. The third kappa shape index (κ3) is 2.96. The zero-order valence-corrected chi connectivity index (χ0v) is 11.1. The number of carbonyl (C=O) groups excluding carboxylic acids is 1. The first-order valence-corrected chi connectivity index (χ1v) is 6.17. The van der Waals surface area contributed by atoms with Gasteiger partial charge in [0, 0.05) is 17.7 Å². The highest BCUT2D eigenvalue weighted by Crippen LogP contribution is 2.19. The van der Waals surface area contributed by atoms with Crippen molar-refractivity contribution >= 4 is 5.91 Å². The molecule has 0 aromatic heterocycles. The summed E-state index contributed by atoms with van der Waals surface area (Å²) in [5.74, 6) is -0.126. The number of nitrogens with zero attached hydrogens (tertiary/aromatic N) is 1. The first-order valence-electron chi connectivity index (χ1n) is 6.17. The lowest BCUT2D eigenvalue weighted by Crippen LogP contribution is -2.23. The molecule has 0 spiro atoms. The van der Waals surface area contributed by atoms with Crippen molar-refractivity contribution in [3.8, 4) is 11.8 Å². The third-order valence-corrected chi connectivity index (χ3v) is 3.09. The number of rotatable bonds is 3. The Labute approximate surface area is 117 Å². The van der Waals surface area contributed by atoms with Gasteiger partial charge in [0.15, 0.2) is 0 Å². The zero-order valence-electron chi connectivity index (χ0n) is 11.1. The van der Waals surface area contributed by atoms with Crippen molar-refractivity contribution in [1.82, 2.24) is 5.32 Å². The number of phenolic OH excluding ortho intramolecular Hbond substituents is 1. The predicted octanol–water partition coefficient (Wildman–Crippen LogP) is 2.50. The van der Waals surface area contributed by atoms with Crippen LogP contribution < -0.4 is 5.32 Å². The van der Waals surface area contributed by atoms with E-state index in [9.17, 15) is 9.90 Å². The van der Waals surface area contributed by atoms with Crippen LogP contribution in [0.2, 0.25) is 0 Å². The van der Waals surface area contributed by atoms with Crippen LogP contribution in [0.1, 0.15) is 27.0 Å². The molecule has 0 aliphatic rings. The van der Waals surface area contributed by atoms with Crippen molar-refractivity contribution in [2.45, 2.75) is 13.5 Å². The molecule has 0 heterocycles. The standard InChI is InChI=1S/C16H14N2O2/c1-11-14(3-2-4-15(11)19)16(20)18-10-13-7-5-12(9-17)6-8-13/h2-8,19H,10H2,1H3,(H,18,20). The van der Waals surface area contributed by atoms with Crippen LogP contribution in [-0.2, 0) is 6.54 Å². The van der Waals surface area contributed by atoms with Gasteiger partial charge in [0.25, 0.3) is 5.91 Å². The molecular weight excluding hydrogens is 252 g/mol. The van der Waals surface area contributed by atoms with Crippen LogP contribution in [0.5, 0.6) is 5.75 Å². The number of carbonyl (C=O) groups is 1. The summed E-state index contributed by atoms with van der Waals surface area (Å²) in [5.41, 5.74) is 2.52. The zero-order chi connectivity index (χ0) is 14.5. The number of amides is 1. The summed E-state index contributed by atoms with van der Waals surface area (Å²) in [4.78, 5) is 12.0. The van der Waals surface area contributed by atoms with E-state index in [1.54, 1.807) is 49.4 Å². The lowest BCUT2D eigenvalue weighted by molar-refractivity contribution is 0.0950. The Morgan fingerprint density at radius 3 is 2.60 bits per heavy atom. The minimum absolute atomic E-state index is 0.107. The maximum absolute atomic E-state index is 12.0. The molecule has 0 atom stereocenters. The van der Waals surface area contributed by atoms with Crippen LogP contribution in [0.4, 0.5) is 0 Å². The summed E-state index contributed by atoms with van der Waals surface area (Å²) in [6.07, 6.45) is 0. The van der Waals surface area contributed by atoms with E-state index < -0.39 is 0 Å². The minimum atomic E-state index is -0.234. The first kappa shape index (κ1) is 13.6. The van der Waals surface area contributed by atoms with Gasteiger partial charge in [-0.2, -0.15) is 5.26 Å². The van der Waals surface area contributed by atoms with Gasteiger partial charge in [-0.1, -0.05) is 18.2 Å². The molecule has 0 aliphatic carbocycles. The molecule has 0 aliphatic heterocycles. The van der Waals surface area contributed by atoms with E-state index in [2.05, 4.69) is 5.32 Å². The molecule has 0 unspecified atom stereocenters. The fraction of sp³-hybridized carbons (Fsp3) is 0.125. The van der Waals surface area contributed by atoms with Gasteiger partial charge in [-0.25, -0.2) is 0 Å². The van der Waals surface area contributed by atoms with Crippen LogP contribution in [0, 0.1) is 18.3 Å². The van der Waals surface area contributed by atoms with Crippen molar-refractivity contribution in [2.24, 2.45) is 0 Å². The average molecular weight is 266 g/mol. The summed E-state index contributed by atoms with van der Waals surface area (Å²) in [5, 5.41) is 21.1. The van der Waals surface area contributed by atoms with Gasteiger partial charge in [0.1, 0.15) is 5.75 Å². The van der Waals surface area contributed by atoms with Crippen LogP contribution in [-0.4, -0.2) is 11.0 Å². The van der Waals surface area contributed by atoms with Gasteiger partial charge in [-0.05, 0) is 36.8 Å². The number of hydrogen-bond acceptors (Lipinski definition) is 3. The van der Waals surface area contributed by atoms with E-state index in [0.29, 0.717) is 23.2 Å². The number of aromatic hydroxyl groups is 1. The topological polar surface area (TPSA) is 73.1 Å². The second kappa shape index (κ2) is 5.89. The maximum Gasteiger partial charge on any atom is 0.251 e. The Bertz CT molecular complexity index is 670. The molecule has 4 nitrogen and oxygen atoms in total. The lowest BCUT2D eigenvalue weighted by atomic mass is 10.1. The van der Waals surface area contributed by atoms with Crippen LogP contribution in [0.15, 0.2) is 42.5 Å². The SMILES string of the molecule is Cc1c(O)cccc1C(=O)NCc1ccc(C#N)cc1. The smallest absolute Gasteiger partial charge is 0.251 e. The molecule has 2 rings (SSSR count). The molecule has 2 aromatic rings. The second-order valence-electron chi connectivity index (χ2n) is 4.44. The molecule has 4 heteroatoms. The lowest BCUT2D eigenvalue weighted by Gasteiger charge is -2.08. The molecule has 0 saturated carbocycles. The highest BCUT2D eigenvalue weighted by molar-refractivity contribution is 5.96. The van der Waals surface area contributed by atoms with Crippen molar-refractivity contribution in [1.29, 1.82) is 5.26 Å². The minimum Gasteiger partial charge on any atom is -0.508 e. The normalized spacial score (nSPS) is 9.80. The van der Waals surface area contributed by atoms with Gasteiger partial charge in [0.05, 0.1) is 11.6 Å². The molecule has 0 bridgehead atoms. The number of nitrogens with one attached hydrogen (secondary N) is 1. The summed E-state index contributed by atoms with van der Waals surface area (Å²) >= 11 is 0. The molecule has 2 aromatic carbocycles. The highest BCUT2D eigenvalue weighted by atomic mass is 16.3. The molecule has 0 saturated heterocycles. The molecule has 100 valence electrons. The van der Waals surface area contributed by atoms with Gasteiger partial charge >= 0.3 is 0 Å². The molecule has 0 radical (unpaired) electrons. The number of phenols is 1. The van der Waals surface area contributed by atoms with E-state index in [1.165, 1.54) is 0 Å². The van der Waals surface area contributed by atoms with E-state index in [4.69, 9.17) is 5.26 Å². The van der Waals surface area contributed by atoms with E-state index in [-0.39, 0.29) is 11.7 Å². The van der Waals surface area contributed by atoms with Crippen molar-refractivity contribution in [3.63, 3.8) is 0 Å². The monoisotopic (exact) mass is 266 g/mol. The van der Waals surface area contributed by atoms with E-state index in [1.807, 2.05) is 6.07 Å². The van der Waals surface area contributed by atoms with Gasteiger partial charge in [-0.3, -0.25) is 4.79 Å². The van der Waals surface area contributed by atoms with Crippen molar-refractivity contribution in [2.75, 3.05) is 0 Å². The Balaban J connectivity index is 2.05. The van der Waals surface area contributed by atoms with Crippen LogP contribution in [0.3, 0.4) is 0 Å². The number of benzene rings is 2. The predicted molar refractivity (Wildman–Crippen MR) is 75.2 cm³/mol.